The first-order chi connectivity index (χ1) is 9.76. The zero-order valence-corrected chi connectivity index (χ0v) is 14.5. The third kappa shape index (κ3) is 4.20. The van der Waals surface area contributed by atoms with E-state index < -0.39 is 10.0 Å². The second kappa shape index (κ2) is 7.27. The monoisotopic (exact) mass is 312 g/mol. The molecule has 0 saturated heterocycles. The fraction of sp³-hybridized carbons (Fsp3) is 0.625. The number of nitrogens with one attached hydrogen (secondary N) is 1. The van der Waals surface area contributed by atoms with E-state index in [4.69, 9.17) is 5.73 Å². The predicted octanol–water partition coefficient (Wildman–Crippen LogP) is 3.11. The summed E-state index contributed by atoms with van der Waals surface area (Å²) in [7, 11) is -3.54. The summed E-state index contributed by atoms with van der Waals surface area (Å²) in [4.78, 5) is 0.334. The zero-order valence-electron chi connectivity index (χ0n) is 13.7. The van der Waals surface area contributed by atoms with E-state index in [1.165, 1.54) is 0 Å². The Balaban J connectivity index is 3.33. The highest BCUT2D eigenvalue weighted by molar-refractivity contribution is 7.89. The summed E-state index contributed by atoms with van der Waals surface area (Å²) in [5.41, 5.74) is 8.25. The van der Waals surface area contributed by atoms with Crippen LogP contribution in [0.25, 0.3) is 0 Å². The molecule has 0 bridgehead atoms. The molecule has 0 amide bonds. The highest BCUT2D eigenvalue weighted by Crippen LogP contribution is 2.26. The lowest BCUT2D eigenvalue weighted by atomic mass is 10.0. The van der Waals surface area contributed by atoms with Crippen molar-refractivity contribution >= 4 is 15.7 Å². The molecular weight excluding hydrogens is 284 g/mol. The van der Waals surface area contributed by atoms with Crippen molar-refractivity contribution < 1.29 is 8.42 Å². The fourth-order valence-corrected chi connectivity index (χ4v) is 4.36. The van der Waals surface area contributed by atoms with E-state index in [0.29, 0.717) is 22.6 Å². The molecule has 1 aromatic rings. The Morgan fingerprint density at radius 1 is 1.14 bits per heavy atom. The van der Waals surface area contributed by atoms with E-state index in [1.807, 2.05) is 40.7 Å². The Kier molecular flexibility index (Phi) is 6.23. The first kappa shape index (κ1) is 18.0. The summed E-state index contributed by atoms with van der Waals surface area (Å²) in [5.74, 6) is 0.251. The van der Waals surface area contributed by atoms with Gasteiger partial charge in [0.2, 0.25) is 10.0 Å². The molecule has 1 atom stereocenters. The molecule has 0 aliphatic carbocycles. The lowest BCUT2D eigenvalue weighted by Gasteiger charge is -2.22. The number of nitrogens with two attached hydrogens (primary N) is 1. The van der Waals surface area contributed by atoms with Crippen molar-refractivity contribution in [3.8, 4) is 0 Å². The molecule has 0 fully saturated rings. The molecule has 4 nitrogen and oxygen atoms in total. The van der Waals surface area contributed by atoms with Crippen LogP contribution in [0, 0.1) is 5.92 Å². The van der Waals surface area contributed by atoms with E-state index in [-0.39, 0.29) is 12.0 Å². The molecule has 0 spiro atoms. The van der Waals surface area contributed by atoms with Crippen molar-refractivity contribution in [2.24, 2.45) is 5.92 Å². The van der Waals surface area contributed by atoms with Gasteiger partial charge in [0.15, 0.2) is 0 Å². The Hall–Kier alpha value is -1.07. The molecule has 0 aliphatic rings. The maximum Gasteiger partial charge on any atom is 0.241 e. The molecule has 0 saturated carbocycles. The lowest BCUT2D eigenvalue weighted by Crippen LogP contribution is -2.38. The Labute approximate surface area is 129 Å². The predicted molar refractivity (Wildman–Crippen MR) is 88.8 cm³/mol. The third-order valence-electron chi connectivity index (χ3n) is 3.91. The zero-order chi connectivity index (χ0) is 16.2. The first-order valence-electron chi connectivity index (χ1n) is 7.70. The second-order valence-electron chi connectivity index (χ2n) is 5.75. The minimum absolute atomic E-state index is 0.0637. The highest BCUT2D eigenvalue weighted by atomic mass is 32.2. The van der Waals surface area contributed by atoms with Crippen LogP contribution in [0.15, 0.2) is 17.0 Å². The van der Waals surface area contributed by atoms with Crippen molar-refractivity contribution in [2.75, 3.05) is 5.73 Å². The summed E-state index contributed by atoms with van der Waals surface area (Å²) in [6, 6.07) is 3.56. The molecule has 120 valence electrons. The van der Waals surface area contributed by atoms with Gasteiger partial charge in [0.05, 0.1) is 4.90 Å². The largest absolute Gasteiger partial charge is 0.398 e. The number of nitrogen functional groups attached to an aromatic ring is 1. The molecule has 0 aliphatic heterocycles. The minimum Gasteiger partial charge on any atom is -0.398 e. The highest BCUT2D eigenvalue weighted by Gasteiger charge is 2.24. The quantitative estimate of drug-likeness (QED) is 0.760. The summed E-state index contributed by atoms with van der Waals surface area (Å²) in [6.45, 7) is 9.95. The second-order valence-corrected chi connectivity index (χ2v) is 7.43. The summed E-state index contributed by atoms with van der Waals surface area (Å²) >= 11 is 0. The van der Waals surface area contributed by atoms with Gasteiger partial charge in [-0.3, -0.25) is 0 Å². The summed E-state index contributed by atoms with van der Waals surface area (Å²) in [5, 5.41) is 0. The van der Waals surface area contributed by atoms with Crippen LogP contribution in [0.1, 0.15) is 52.2 Å². The van der Waals surface area contributed by atoms with Gasteiger partial charge in [-0.15, -0.1) is 0 Å². The van der Waals surface area contributed by atoms with Crippen molar-refractivity contribution in [1.82, 2.24) is 4.72 Å². The van der Waals surface area contributed by atoms with E-state index in [2.05, 4.69) is 4.72 Å². The summed E-state index contributed by atoms with van der Waals surface area (Å²) < 4.78 is 28.3. The third-order valence-corrected chi connectivity index (χ3v) is 5.46. The van der Waals surface area contributed by atoms with Gasteiger partial charge < -0.3 is 5.73 Å². The van der Waals surface area contributed by atoms with Crippen LogP contribution in [0.2, 0.25) is 0 Å². The summed E-state index contributed by atoms with van der Waals surface area (Å²) in [6.07, 6.45) is 2.13. The molecule has 3 N–H and O–H groups in total. The van der Waals surface area contributed by atoms with Gasteiger partial charge in [-0.1, -0.05) is 34.6 Å². The number of sulfonamides is 1. The Morgan fingerprint density at radius 2 is 1.76 bits per heavy atom. The minimum atomic E-state index is -3.54. The average molecular weight is 312 g/mol. The number of hydrogen-bond donors (Lipinski definition) is 2. The van der Waals surface area contributed by atoms with Crippen LogP contribution in [-0.4, -0.2) is 14.5 Å². The molecule has 0 aromatic heterocycles. The van der Waals surface area contributed by atoms with E-state index in [9.17, 15) is 8.42 Å². The van der Waals surface area contributed by atoms with Crippen LogP contribution in [-0.2, 0) is 22.9 Å². The molecule has 0 heterocycles. The number of anilines is 1. The Bertz CT molecular complexity index is 580. The van der Waals surface area contributed by atoms with Crippen molar-refractivity contribution in [3.63, 3.8) is 0 Å². The SMILES string of the molecule is CCc1cc(N)c(CC)c(S(=O)(=O)NC(CC)C(C)C)c1. The maximum absolute atomic E-state index is 12.7. The average Bonchev–Trinajstić information content (AvgIpc) is 2.43. The number of aryl methyl sites for hydroxylation is 1. The van der Waals surface area contributed by atoms with Crippen molar-refractivity contribution in [3.05, 3.63) is 23.3 Å². The van der Waals surface area contributed by atoms with E-state index in [0.717, 1.165) is 18.4 Å². The van der Waals surface area contributed by atoms with Gasteiger partial charge in [-0.05, 0) is 48.4 Å². The smallest absolute Gasteiger partial charge is 0.241 e. The van der Waals surface area contributed by atoms with Crippen LogP contribution in [0.3, 0.4) is 0 Å². The van der Waals surface area contributed by atoms with Crippen LogP contribution >= 0.6 is 0 Å². The van der Waals surface area contributed by atoms with Crippen LogP contribution in [0.5, 0.6) is 0 Å². The molecule has 1 rings (SSSR count). The maximum atomic E-state index is 12.7. The lowest BCUT2D eigenvalue weighted by molar-refractivity contribution is 0.437. The van der Waals surface area contributed by atoms with Gasteiger partial charge in [-0.2, -0.15) is 0 Å². The van der Waals surface area contributed by atoms with Crippen LogP contribution in [0.4, 0.5) is 5.69 Å². The molecule has 0 radical (unpaired) electrons. The standard InChI is InChI=1S/C16H28N2O2S/c1-6-12-9-14(17)13(7-2)16(10-12)21(19,20)18-15(8-3)11(4)5/h9-11,15,18H,6-8,17H2,1-5H3. The van der Waals surface area contributed by atoms with Gasteiger partial charge in [-0.25, -0.2) is 13.1 Å². The van der Waals surface area contributed by atoms with Crippen LogP contribution < -0.4 is 10.5 Å². The van der Waals surface area contributed by atoms with E-state index >= 15 is 0 Å². The normalized spacial score (nSPS) is 13.6. The van der Waals surface area contributed by atoms with E-state index in [1.54, 1.807) is 6.07 Å². The van der Waals surface area contributed by atoms with Gasteiger partial charge in [0, 0.05) is 11.7 Å². The number of hydrogen-bond acceptors (Lipinski definition) is 3. The number of rotatable bonds is 7. The van der Waals surface area contributed by atoms with Gasteiger partial charge in [0.25, 0.3) is 0 Å². The number of benzene rings is 1. The molecule has 5 heteroatoms. The molecule has 21 heavy (non-hydrogen) atoms. The Morgan fingerprint density at radius 3 is 2.19 bits per heavy atom. The van der Waals surface area contributed by atoms with Crippen molar-refractivity contribution in [1.29, 1.82) is 0 Å². The van der Waals surface area contributed by atoms with Gasteiger partial charge >= 0.3 is 0 Å². The molecular formula is C16H28N2O2S. The first-order valence-corrected chi connectivity index (χ1v) is 9.18. The fourth-order valence-electron chi connectivity index (χ4n) is 2.50. The topological polar surface area (TPSA) is 72.2 Å². The van der Waals surface area contributed by atoms with Crippen molar-refractivity contribution in [2.45, 2.75) is 64.8 Å². The molecule has 1 aromatic carbocycles. The van der Waals surface area contributed by atoms with Gasteiger partial charge in [0.1, 0.15) is 0 Å². The molecule has 1 unspecified atom stereocenters.